The Balaban J connectivity index is 2.22. The Morgan fingerprint density at radius 2 is 2.25 bits per heavy atom. The highest BCUT2D eigenvalue weighted by molar-refractivity contribution is 7.11. The van der Waals surface area contributed by atoms with Crippen LogP contribution in [0, 0.1) is 6.92 Å². The average Bonchev–Trinajstić information content (AvgIpc) is 2.71. The zero-order valence-corrected chi connectivity index (χ0v) is 10.6. The molecule has 2 aromatic rings. The Morgan fingerprint density at radius 3 is 2.94 bits per heavy atom. The van der Waals surface area contributed by atoms with Gasteiger partial charge in [-0.15, -0.1) is 11.3 Å². The number of halogens is 1. The molecule has 0 aliphatic carbocycles. The van der Waals surface area contributed by atoms with E-state index in [0.717, 1.165) is 16.5 Å². The molecular weight excluding hydrogens is 240 g/mol. The van der Waals surface area contributed by atoms with Crippen LogP contribution in [-0.2, 0) is 13.0 Å². The molecule has 0 fully saturated rings. The lowest BCUT2D eigenvalue weighted by atomic mass is 10.1. The monoisotopic (exact) mass is 252 g/mol. The van der Waals surface area contributed by atoms with Gasteiger partial charge in [0.15, 0.2) is 0 Å². The van der Waals surface area contributed by atoms with Gasteiger partial charge in [0.2, 0.25) is 0 Å². The van der Waals surface area contributed by atoms with Crippen molar-refractivity contribution in [2.45, 2.75) is 19.9 Å². The van der Waals surface area contributed by atoms with Crippen molar-refractivity contribution in [3.8, 4) is 0 Å². The molecule has 4 heteroatoms. The zero-order valence-electron chi connectivity index (χ0n) is 9.03. The summed E-state index contributed by atoms with van der Waals surface area (Å²) in [6.45, 7) is 2.61. The van der Waals surface area contributed by atoms with Crippen LogP contribution in [0.3, 0.4) is 0 Å². The molecule has 0 aliphatic rings. The molecule has 1 heterocycles. The molecule has 0 bridgehead atoms. The minimum absolute atomic E-state index is 0.513. The smallest absolute Gasteiger partial charge is 0.106 e. The topological polar surface area (TPSA) is 38.9 Å². The molecular formula is C12H13ClN2S. The largest absolute Gasteiger partial charge is 0.325 e. The van der Waals surface area contributed by atoms with Crippen LogP contribution in [0.4, 0.5) is 0 Å². The summed E-state index contributed by atoms with van der Waals surface area (Å²) < 4.78 is 0. The molecule has 0 saturated carbocycles. The maximum absolute atomic E-state index is 5.98. The van der Waals surface area contributed by atoms with Crippen molar-refractivity contribution >= 4 is 22.9 Å². The predicted octanol–water partition coefficient (Wildman–Crippen LogP) is 3.15. The van der Waals surface area contributed by atoms with Crippen molar-refractivity contribution in [1.82, 2.24) is 4.98 Å². The molecule has 0 amide bonds. The molecule has 2 nitrogen and oxygen atoms in total. The third-order valence-corrected chi connectivity index (χ3v) is 3.71. The molecule has 0 aliphatic heterocycles. The summed E-state index contributed by atoms with van der Waals surface area (Å²) in [7, 11) is 0. The highest BCUT2D eigenvalue weighted by atomic mass is 35.5. The van der Waals surface area contributed by atoms with E-state index in [1.54, 1.807) is 11.3 Å². The van der Waals surface area contributed by atoms with Gasteiger partial charge in [0.25, 0.3) is 0 Å². The minimum atomic E-state index is 0.513. The van der Waals surface area contributed by atoms with Crippen molar-refractivity contribution in [3.63, 3.8) is 0 Å². The first kappa shape index (κ1) is 11.6. The molecule has 84 valence electrons. The van der Waals surface area contributed by atoms with Crippen LogP contribution in [0.1, 0.15) is 21.0 Å². The van der Waals surface area contributed by atoms with E-state index in [1.807, 2.05) is 24.4 Å². The fourth-order valence-corrected chi connectivity index (χ4v) is 2.56. The van der Waals surface area contributed by atoms with E-state index in [1.165, 1.54) is 16.0 Å². The van der Waals surface area contributed by atoms with E-state index in [0.29, 0.717) is 6.54 Å². The maximum Gasteiger partial charge on any atom is 0.106 e. The van der Waals surface area contributed by atoms with Gasteiger partial charge in [-0.25, -0.2) is 4.98 Å². The standard InChI is InChI=1S/C12H13ClN2S/c1-8-2-3-10(13)4-9(8)5-11-7-15-12(6-14)16-11/h2-4,7H,5-6,14H2,1H3. The summed E-state index contributed by atoms with van der Waals surface area (Å²) >= 11 is 7.65. The lowest BCUT2D eigenvalue weighted by Crippen LogP contribution is -1.93. The fraction of sp³-hybridized carbons (Fsp3) is 0.250. The fourth-order valence-electron chi connectivity index (χ4n) is 1.54. The summed E-state index contributed by atoms with van der Waals surface area (Å²) in [5.74, 6) is 0. The van der Waals surface area contributed by atoms with Gasteiger partial charge >= 0.3 is 0 Å². The Kier molecular flexibility index (Phi) is 3.59. The number of benzene rings is 1. The quantitative estimate of drug-likeness (QED) is 0.912. The molecule has 1 aromatic heterocycles. The second-order valence-corrected chi connectivity index (χ2v) is 5.31. The van der Waals surface area contributed by atoms with Gasteiger partial charge in [-0.1, -0.05) is 17.7 Å². The second kappa shape index (κ2) is 4.95. The number of nitrogens with two attached hydrogens (primary N) is 1. The normalized spacial score (nSPS) is 10.7. The molecule has 2 rings (SSSR count). The number of aryl methyl sites for hydroxylation is 1. The van der Waals surface area contributed by atoms with Crippen molar-refractivity contribution in [2.75, 3.05) is 0 Å². The number of rotatable bonds is 3. The summed E-state index contributed by atoms with van der Waals surface area (Å²) in [6, 6.07) is 5.97. The predicted molar refractivity (Wildman–Crippen MR) is 69.0 cm³/mol. The highest BCUT2D eigenvalue weighted by Gasteiger charge is 2.04. The summed E-state index contributed by atoms with van der Waals surface area (Å²) in [5.41, 5.74) is 8.04. The zero-order chi connectivity index (χ0) is 11.5. The van der Waals surface area contributed by atoms with E-state index in [2.05, 4.69) is 11.9 Å². The SMILES string of the molecule is Cc1ccc(Cl)cc1Cc1cnc(CN)s1. The number of nitrogens with zero attached hydrogens (tertiary/aromatic N) is 1. The third-order valence-electron chi connectivity index (χ3n) is 2.45. The van der Waals surface area contributed by atoms with Crippen molar-refractivity contribution in [1.29, 1.82) is 0 Å². The highest BCUT2D eigenvalue weighted by Crippen LogP contribution is 2.21. The van der Waals surface area contributed by atoms with E-state index in [-0.39, 0.29) is 0 Å². The first-order chi connectivity index (χ1) is 7.69. The van der Waals surface area contributed by atoms with E-state index in [4.69, 9.17) is 17.3 Å². The van der Waals surface area contributed by atoms with Crippen LogP contribution in [0.2, 0.25) is 5.02 Å². The molecule has 0 saturated heterocycles. The number of hydrogen-bond donors (Lipinski definition) is 1. The molecule has 16 heavy (non-hydrogen) atoms. The van der Waals surface area contributed by atoms with Crippen LogP contribution in [-0.4, -0.2) is 4.98 Å². The lowest BCUT2D eigenvalue weighted by Gasteiger charge is -2.04. The first-order valence-corrected chi connectivity index (χ1v) is 6.27. The number of aromatic nitrogens is 1. The summed E-state index contributed by atoms with van der Waals surface area (Å²) in [6.07, 6.45) is 2.78. The molecule has 0 atom stereocenters. The second-order valence-electron chi connectivity index (χ2n) is 3.67. The van der Waals surface area contributed by atoms with E-state index >= 15 is 0 Å². The average molecular weight is 253 g/mol. The lowest BCUT2D eigenvalue weighted by molar-refractivity contribution is 1.04. The van der Waals surface area contributed by atoms with Gasteiger partial charge in [0, 0.05) is 29.1 Å². The third kappa shape index (κ3) is 2.61. The van der Waals surface area contributed by atoms with Gasteiger partial charge in [-0.05, 0) is 30.2 Å². The first-order valence-electron chi connectivity index (χ1n) is 5.07. The van der Waals surface area contributed by atoms with E-state index in [9.17, 15) is 0 Å². The summed E-state index contributed by atoms with van der Waals surface area (Å²) in [5, 5.41) is 1.76. The number of thiazole rings is 1. The Labute approximate surface area is 104 Å². The summed E-state index contributed by atoms with van der Waals surface area (Å²) in [4.78, 5) is 5.47. The Morgan fingerprint density at radius 1 is 1.44 bits per heavy atom. The van der Waals surface area contributed by atoms with Crippen LogP contribution >= 0.6 is 22.9 Å². The molecule has 1 aromatic carbocycles. The van der Waals surface area contributed by atoms with E-state index < -0.39 is 0 Å². The van der Waals surface area contributed by atoms with Crippen molar-refractivity contribution in [3.05, 3.63) is 50.4 Å². The molecule has 2 N–H and O–H groups in total. The van der Waals surface area contributed by atoms with Gasteiger partial charge in [-0.2, -0.15) is 0 Å². The Hall–Kier alpha value is -0.900. The van der Waals surface area contributed by atoms with Gasteiger partial charge in [0.1, 0.15) is 5.01 Å². The van der Waals surface area contributed by atoms with Crippen LogP contribution in [0.5, 0.6) is 0 Å². The van der Waals surface area contributed by atoms with Crippen LogP contribution in [0.15, 0.2) is 24.4 Å². The molecule has 0 radical (unpaired) electrons. The minimum Gasteiger partial charge on any atom is -0.325 e. The van der Waals surface area contributed by atoms with Crippen LogP contribution < -0.4 is 5.73 Å². The van der Waals surface area contributed by atoms with Gasteiger partial charge < -0.3 is 5.73 Å². The molecule has 0 unspecified atom stereocenters. The van der Waals surface area contributed by atoms with Gasteiger partial charge in [-0.3, -0.25) is 0 Å². The number of hydrogen-bond acceptors (Lipinski definition) is 3. The Bertz CT molecular complexity index is 494. The van der Waals surface area contributed by atoms with Crippen LogP contribution in [0.25, 0.3) is 0 Å². The maximum atomic E-state index is 5.98. The molecule has 0 spiro atoms. The van der Waals surface area contributed by atoms with Crippen molar-refractivity contribution in [2.24, 2.45) is 5.73 Å². The van der Waals surface area contributed by atoms with Crippen molar-refractivity contribution < 1.29 is 0 Å². The van der Waals surface area contributed by atoms with Gasteiger partial charge in [0.05, 0.1) is 0 Å².